The molecule has 0 spiro atoms. The van der Waals surface area contributed by atoms with Crippen molar-refractivity contribution >= 4 is 11.0 Å². The summed E-state index contributed by atoms with van der Waals surface area (Å²) in [6, 6.07) is 8.28. The van der Waals surface area contributed by atoms with Gasteiger partial charge in [-0.1, -0.05) is 13.8 Å². The minimum Gasteiger partial charge on any atom is -0.494 e. The van der Waals surface area contributed by atoms with Crippen LogP contribution in [0.1, 0.15) is 32.6 Å². The molecule has 2 aromatic rings. The van der Waals surface area contributed by atoms with Gasteiger partial charge in [-0.15, -0.1) is 0 Å². The predicted molar refractivity (Wildman–Crippen MR) is 74.0 cm³/mol. The zero-order valence-corrected chi connectivity index (χ0v) is 11.5. The predicted octanol–water partition coefficient (Wildman–Crippen LogP) is 3.75. The first-order chi connectivity index (χ1) is 8.65. The molecule has 0 bridgehead atoms. The molecule has 0 radical (unpaired) electrons. The highest BCUT2D eigenvalue weighted by Crippen LogP contribution is 2.30. The Morgan fingerprint density at radius 2 is 2.06 bits per heavy atom. The molecule has 1 N–H and O–H groups in total. The van der Waals surface area contributed by atoms with Crippen LogP contribution in [0.5, 0.6) is 5.75 Å². The van der Waals surface area contributed by atoms with Crippen molar-refractivity contribution in [2.75, 3.05) is 13.7 Å². The minimum absolute atomic E-state index is 0.243. The van der Waals surface area contributed by atoms with Crippen molar-refractivity contribution in [2.45, 2.75) is 26.8 Å². The van der Waals surface area contributed by atoms with E-state index in [9.17, 15) is 0 Å². The lowest BCUT2D eigenvalue weighted by molar-refractivity contribution is 0.340. The molecule has 0 amide bonds. The van der Waals surface area contributed by atoms with Gasteiger partial charge in [-0.3, -0.25) is 0 Å². The molecule has 0 saturated carbocycles. The lowest BCUT2D eigenvalue weighted by Crippen LogP contribution is -2.20. The summed E-state index contributed by atoms with van der Waals surface area (Å²) in [6.45, 7) is 7.03. The van der Waals surface area contributed by atoms with Crippen LogP contribution in [-0.4, -0.2) is 13.7 Å². The normalized spacial score (nSPS) is 13.2. The van der Waals surface area contributed by atoms with E-state index in [0.29, 0.717) is 12.5 Å². The number of hydrogen-bond acceptors (Lipinski definition) is 3. The fraction of sp³-hybridized carbons (Fsp3) is 0.467. The molecule has 0 aliphatic heterocycles. The minimum atomic E-state index is 0.243. The Kier molecular flexibility index (Phi) is 3.92. The highest BCUT2D eigenvalue weighted by Gasteiger charge is 2.18. The van der Waals surface area contributed by atoms with Crippen LogP contribution < -0.4 is 10.1 Å². The van der Waals surface area contributed by atoms with Crippen molar-refractivity contribution in [3.05, 3.63) is 30.0 Å². The van der Waals surface area contributed by atoms with Crippen molar-refractivity contribution in [1.82, 2.24) is 5.32 Å². The zero-order chi connectivity index (χ0) is 13.1. The monoisotopic (exact) mass is 247 g/mol. The Bertz CT molecular complexity index is 516. The Hall–Kier alpha value is -1.48. The van der Waals surface area contributed by atoms with Crippen LogP contribution in [0.4, 0.5) is 0 Å². The second-order valence-corrected chi connectivity index (χ2v) is 4.79. The third-order valence-corrected chi connectivity index (χ3v) is 3.10. The van der Waals surface area contributed by atoms with E-state index in [2.05, 4.69) is 25.2 Å². The van der Waals surface area contributed by atoms with E-state index in [-0.39, 0.29) is 6.04 Å². The third-order valence-electron chi connectivity index (χ3n) is 3.10. The molecule has 98 valence electrons. The summed E-state index contributed by atoms with van der Waals surface area (Å²) < 4.78 is 11.4. The molecule has 1 aromatic heterocycles. The molecule has 2 rings (SSSR count). The zero-order valence-electron chi connectivity index (χ0n) is 11.5. The van der Waals surface area contributed by atoms with Gasteiger partial charge in [0.05, 0.1) is 12.6 Å². The van der Waals surface area contributed by atoms with Gasteiger partial charge in [-0.2, -0.15) is 0 Å². The molecule has 0 aliphatic rings. The van der Waals surface area contributed by atoms with Crippen LogP contribution in [-0.2, 0) is 0 Å². The van der Waals surface area contributed by atoms with Gasteiger partial charge in [0, 0.05) is 5.39 Å². The average Bonchev–Trinajstić information content (AvgIpc) is 2.72. The molecule has 3 nitrogen and oxygen atoms in total. The summed E-state index contributed by atoms with van der Waals surface area (Å²) in [6.07, 6.45) is 0. The number of furan rings is 1. The quantitative estimate of drug-likeness (QED) is 0.873. The number of rotatable bonds is 5. The number of nitrogens with one attached hydrogen (secondary N) is 1. The maximum absolute atomic E-state index is 5.90. The van der Waals surface area contributed by atoms with Gasteiger partial charge in [-0.25, -0.2) is 0 Å². The summed E-state index contributed by atoms with van der Waals surface area (Å²) in [5.74, 6) is 2.36. The molecule has 0 aliphatic carbocycles. The summed E-state index contributed by atoms with van der Waals surface area (Å²) >= 11 is 0. The van der Waals surface area contributed by atoms with Crippen LogP contribution in [0, 0.1) is 5.92 Å². The first kappa shape index (κ1) is 13.0. The summed E-state index contributed by atoms with van der Waals surface area (Å²) in [7, 11) is 1.96. The van der Waals surface area contributed by atoms with Gasteiger partial charge in [0.1, 0.15) is 17.1 Å². The van der Waals surface area contributed by atoms with Crippen molar-refractivity contribution in [3.8, 4) is 5.75 Å². The van der Waals surface area contributed by atoms with E-state index >= 15 is 0 Å². The molecule has 1 unspecified atom stereocenters. The Balaban J connectivity index is 2.37. The summed E-state index contributed by atoms with van der Waals surface area (Å²) in [5, 5.41) is 4.39. The highest BCUT2D eigenvalue weighted by atomic mass is 16.5. The maximum atomic E-state index is 5.90. The van der Waals surface area contributed by atoms with Crippen LogP contribution >= 0.6 is 0 Å². The molecule has 0 saturated heterocycles. The fourth-order valence-corrected chi connectivity index (χ4v) is 2.26. The van der Waals surface area contributed by atoms with Gasteiger partial charge >= 0.3 is 0 Å². The van der Waals surface area contributed by atoms with Crippen LogP contribution in [0.2, 0.25) is 0 Å². The first-order valence-corrected chi connectivity index (χ1v) is 6.49. The second kappa shape index (κ2) is 5.44. The van der Waals surface area contributed by atoms with Crippen molar-refractivity contribution in [3.63, 3.8) is 0 Å². The summed E-state index contributed by atoms with van der Waals surface area (Å²) in [5.41, 5.74) is 0.911. The lowest BCUT2D eigenvalue weighted by Gasteiger charge is -2.16. The van der Waals surface area contributed by atoms with Crippen molar-refractivity contribution < 1.29 is 9.15 Å². The van der Waals surface area contributed by atoms with Crippen LogP contribution in [0.3, 0.4) is 0 Å². The van der Waals surface area contributed by atoms with Gasteiger partial charge in [0.2, 0.25) is 0 Å². The maximum Gasteiger partial charge on any atom is 0.134 e. The third kappa shape index (κ3) is 2.51. The molecular formula is C15H21NO2. The van der Waals surface area contributed by atoms with Gasteiger partial charge in [-0.05, 0) is 44.2 Å². The largest absolute Gasteiger partial charge is 0.494 e. The fourth-order valence-electron chi connectivity index (χ4n) is 2.26. The van der Waals surface area contributed by atoms with Crippen LogP contribution in [0.15, 0.2) is 28.7 Å². The molecule has 1 aromatic carbocycles. The highest BCUT2D eigenvalue weighted by molar-refractivity contribution is 5.79. The van der Waals surface area contributed by atoms with Gasteiger partial charge < -0.3 is 14.5 Å². The molecule has 1 atom stereocenters. The molecule has 18 heavy (non-hydrogen) atoms. The van der Waals surface area contributed by atoms with Crippen molar-refractivity contribution in [2.24, 2.45) is 5.92 Å². The average molecular weight is 247 g/mol. The molecular weight excluding hydrogens is 226 g/mol. The molecule has 0 fully saturated rings. The number of hydrogen-bond donors (Lipinski definition) is 1. The smallest absolute Gasteiger partial charge is 0.134 e. The van der Waals surface area contributed by atoms with E-state index in [4.69, 9.17) is 9.15 Å². The van der Waals surface area contributed by atoms with E-state index in [1.54, 1.807) is 0 Å². The topological polar surface area (TPSA) is 34.4 Å². The second-order valence-electron chi connectivity index (χ2n) is 4.79. The van der Waals surface area contributed by atoms with E-state index in [1.165, 1.54) is 0 Å². The van der Waals surface area contributed by atoms with Gasteiger partial charge in [0.25, 0.3) is 0 Å². The number of fused-ring (bicyclic) bond motifs is 1. The number of benzene rings is 1. The Morgan fingerprint density at radius 3 is 2.67 bits per heavy atom. The Morgan fingerprint density at radius 1 is 1.28 bits per heavy atom. The SMILES string of the molecule is CCOc1ccc2oc(C(NC)C(C)C)cc2c1. The number of ether oxygens (including phenoxy) is 1. The van der Waals surface area contributed by atoms with E-state index in [0.717, 1.165) is 22.5 Å². The standard InChI is InChI=1S/C15H21NO2/c1-5-17-12-6-7-13-11(8-12)9-14(18-13)15(16-4)10(2)3/h6-10,15-16H,5H2,1-4H3. The Labute approximate surface area is 108 Å². The van der Waals surface area contributed by atoms with E-state index < -0.39 is 0 Å². The van der Waals surface area contributed by atoms with Crippen LogP contribution in [0.25, 0.3) is 11.0 Å². The summed E-state index contributed by atoms with van der Waals surface area (Å²) in [4.78, 5) is 0. The van der Waals surface area contributed by atoms with Gasteiger partial charge in [0.15, 0.2) is 0 Å². The first-order valence-electron chi connectivity index (χ1n) is 6.49. The van der Waals surface area contributed by atoms with Crippen molar-refractivity contribution in [1.29, 1.82) is 0 Å². The molecule has 3 heteroatoms. The molecule has 1 heterocycles. The lowest BCUT2D eigenvalue weighted by atomic mass is 10.0. The van der Waals surface area contributed by atoms with E-state index in [1.807, 2.05) is 32.2 Å².